The highest BCUT2D eigenvalue weighted by Gasteiger charge is 2.38. The highest BCUT2D eigenvalue weighted by atomic mass is 35.5. The Balaban J connectivity index is 1.32. The first-order valence-corrected chi connectivity index (χ1v) is 10.2. The van der Waals surface area contributed by atoms with E-state index in [2.05, 4.69) is 10.1 Å². The number of amides is 2. The molecule has 1 aliphatic rings. The topological polar surface area (TPSA) is 103 Å². The SMILES string of the molecule is O=C(OCc1nc(-c2ccccc2)no1)c1ccc2c(c1)C(=O)N(c1ccccc1Cl)C2=O. The van der Waals surface area contributed by atoms with Gasteiger partial charge in [0.1, 0.15) is 0 Å². The summed E-state index contributed by atoms with van der Waals surface area (Å²) in [5, 5.41) is 4.14. The number of carbonyl (C=O) groups is 3. The van der Waals surface area contributed by atoms with Gasteiger partial charge in [0.05, 0.1) is 27.4 Å². The van der Waals surface area contributed by atoms with Gasteiger partial charge >= 0.3 is 5.97 Å². The number of rotatable bonds is 5. The van der Waals surface area contributed by atoms with E-state index in [1.165, 1.54) is 18.2 Å². The first-order valence-electron chi connectivity index (χ1n) is 9.85. The predicted octanol–water partition coefficient (Wildman–Crippen LogP) is 4.55. The fourth-order valence-electron chi connectivity index (χ4n) is 3.45. The molecule has 1 aromatic heterocycles. The van der Waals surface area contributed by atoms with Crippen LogP contribution in [0, 0.1) is 0 Å². The van der Waals surface area contributed by atoms with Crippen LogP contribution in [0.25, 0.3) is 11.4 Å². The maximum Gasteiger partial charge on any atom is 0.338 e. The van der Waals surface area contributed by atoms with Crippen molar-refractivity contribution in [2.24, 2.45) is 0 Å². The molecule has 4 aromatic rings. The Bertz CT molecular complexity index is 1400. The first-order chi connectivity index (χ1) is 16.0. The molecule has 0 aliphatic carbocycles. The summed E-state index contributed by atoms with van der Waals surface area (Å²) in [6.45, 7) is -0.242. The van der Waals surface area contributed by atoms with Crippen molar-refractivity contribution >= 4 is 35.1 Å². The highest BCUT2D eigenvalue weighted by Crippen LogP contribution is 2.33. The number of benzene rings is 3. The Morgan fingerprint density at radius 2 is 1.67 bits per heavy atom. The predicted molar refractivity (Wildman–Crippen MR) is 118 cm³/mol. The zero-order valence-corrected chi connectivity index (χ0v) is 17.7. The number of aromatic nitrogens is 2. The van der Waals surface area contributed by atoms with E-state index < -0.39 is 17.8 Å². The lowest BCUT2D eigenvalue weighted by molar-refractivity contribution is 0.0429. The average molecular weight is 460 g/mol. The third kappa shape index (κ3) is 3.77. The number of para-hydroxylation sites is 1. The van der Waals surface area contributed by atoms with Crippen LogP contribution >= 0.6 is 11.6 Å². The molecule has 0 fully saturated rings. The number of esters is 1. The van der Waals surface area contributed by atoms with Gasteiger partial charge in [-0.2, -0.15) is 4.98 Å². The summed E-state index contributed by atoms with van der Waals surface area (Å²) in [5.41, 5.74) is 1.43. The highest BCUT2D eigenvalue weighted by molar-refractivity contribution is 6.39. The molecule has 0 bridgehead atoms. The number of carbonyl (C=O) groups excluding carboxylic acids is 3. The molecule has 1 aliphatic heterocycles. The van der Waals surface area contributed by atoms with Crippen molar-refractivity contribution in [2.75, 3.05) is 4.90 Å². The van der Waals surface area contributed by atoms with Gasteiger partial charge in [0.15, 0.2) is 6.61 Å². The van der Waals surface area contributed by atoms with Crippen molar-refractivity contribution in [3.8, 4) is 11.4 Å². The van der Waals surface area contributed by atoms with Crippen LogP contribution in [0.15, 0.2) is 77.3 Å². The maximum absolute atomic E-state index is 12.9. The van der Waals surface area contributed by atoms with E-state index in [4.69, 9.17) is 20.9 Å². The molecule has 8 nitrogen and oxygen atoms in total. The summed E-state index contributed by atoms with van der Waals surface area (Å²) in [5.74, 6) is -1.28. The van der Waals surface area contributed by atoms with Gasteiger partial charge in [0.2, 0.25) is 5.82 Å². The van der Waals surface area contributed by atoms with E-state index in [0.29, 0.717) is 5.82 Å². The Morgan fingerprint density at radius 1 is 0.939 bits per heavy atom. The summed E-state index contributed by atoms with van der Waals surface area (Å²) in [7, 11) is 0. The monoisotopic (exact) mass is 459 g/mol. The molecule has 2 amide bonds. The van der Waals surface area contributed by atoms with Crippen LogP contribution in [0.5, 0.6) is 0 Å². The van der Waals surface area contributed by atoms with E-state index in [9.17, 15) is 14.4 Å². The fourth-order valence-corrected chi connectivity index (χ4v) is 3.67. The molecule has 33 heavy (non-hydrogen) atoms. The molecule has 0 unspecified atom stereocenters. The molecule has 162 valence electrons. The lowest BCUT2D eigenvalue weighted by atomic mass is 10.1. The summed E-state index contributed by atoms with van der Waals surface area (Å²) in [6.07, 6.45) is 0. The van der Waals surface area contributed by atoms with Gasteiger partial charge in [0.25, 0.3) is 17.7 Å². The molecule has 5 rings (SSSR count). The third-order valence-electron chi connectivity index (χ3n) is 5.04. The number of nitrogens with zero attached hydrogens (tertiary/aromatic N) is 3. The smallest absolute Gasteiger partial charge is 0.338 e. The second-order valence-corrected chi connectivity index (χ2v) is 7.52. The molecule has 0 N–H and O–H groups in total. The Morgan fingerprint density at radius 3 is 2.45 bits per heavy atom. The molecule has 2 heterocycles. The van der Waals surface area contributed by atoms with Gasteiger partial charge in [-0.15, -0.1) is 0 Å². The van der Waals surface area contributed by atoms with Gasteiger partial charge in [-0.05, 0) is 30.3 Å². The molecule has 0 atom stereocenters. The van der Waals surface area contributed by atoms with Gasteiger partial charge in [-0.3, -0.25) is 9.59 Å². The summed E-state index contributed by atoms with van der Waals surface area (Å²) in [6, 6.07) is 19.9. The number of hydrogen-bond acceptors (Lipinski definition) is 7. The van der Waals surface area contributed by atoms with E-state index in [-0.39, 0.29) is 39.9 Å². The van der Waals surface area contributed by atoms with Crippen molar-refractivity contribution < 1.29 is 23.6 Å². The minimum absolute atomic E-state index is 0.0959. The molecular weight excluding hydrogens is 446 g/mol. The van der Waals surface area contributed by atoms with Crippen molar-refractivity contribution in [3.05, 3.63) is 100 Å². The van der Waals surface area contributed by atoms with E-state index >= 15 is 0 Å². The lowest BCUT2D eigenvalue weighted by Gasteiger charge is -2.15. The number of fused-ring (bicyclic) bond motifs is 1. The van der Waals surface area contributed by atoms with Crippen molar-refractivity contribution in [2.45, 2.75) is 6.61 Å². The van der Waals surface area contributed by atoms with Crippen molar-refractivity contribution in [1.82, 2.24) is 10.1 Å². The Kier molecular flexibility index (Phi) is 5.20. The van der Waals surface area contributed by atoms with E-state index in [1.54, 1.807) is 24.3 Å². The molecule has 9 heteroatoms. The minimum atomic E-state index is -0.700. The van der Waals surface area contributed by atoms with Crippen LogP contribution < -0.4 is 4.90 Å². The maximum atomic E-state index is 12.9. The lowest BCUT2D eigenvalue weighted by Crippen LogP contribution is -2.29. The first kappa shape index (κ1) is 20.6. The Labute approximate surface area is 192 Å². The fraction of sp³-hybridized carbons (Fsp3) is 0.0417. The molecule has 0 saturated carbocycles. The van der Waals surface area contributed by atoms with Crippen LogP contribution in [0.3, 0.4) is 0 Å². The van der Waals surface area contributed by atoms with Crippen LogP contribution in [-0.2, 0) is 11.3 Å². The molecular formula is C24H14ClN3O5. The van der Waals surface area contributed by atoms with Gasteiger partial charge < -0.3 is 9.26 Å². The van der Waals surface area contributed by atoms with E-state index in [0.717, 1.165) is 10.5 Å². The quantitative estimate of drug-likeness (QED) is 0.318. The van der Waals surface area contributed by atoms with E-state index in [1.807, 2.05) is 30.3 Å². The van der Waals surface area contributed by atoms with Crippen LogP contribution in [0.4, 0.5) is 5.69 Å². The summed E-state index contributed by atoms with van der Waals surface area (Å²) >= 11 is 6.16. The van der Waals surface area contributed by atoms with Crippen molar-refractivity contribution in [3.63, 3.8) is 0 Å². The van der Waals surface area contributed by atoms with Crippen LogP contribution in [0.2, 0.25) is 5.02 Å². The normalized spacial score (nSPS) is 12.7. The molecule has 3 aromatic carbocycles. The number of hydrogen-bond donors (Lipinski definition) is 0. The second kappa shape index (κ2) is 8.33. The van der Waals surface area contributed by atoms with Crippen LogP contribution in [0.1, 0.15) is 37.0 Å². The largest absolute Gasteiger partial charge is 0.452 e. The van der Waals surface area contributed by atoms with Crippen LogP contribution in [-0.4, -0.2) is 27.9 Å². The van der Waals surface area contributed by atoms with Gasteiger partial charge in [0, 0.05) is 5.56 Å². The average Bonchev–Trinajstić information content (AvgIpc) is 3.41. The van der Waals surface area contributed by atoms with Gasteiger partial charge in [-0.1, -0.05) is 59.2 Å². The summed E-state index contributed by atoms with van der Waals surface area (Å²) in [4.78, 5) is 43.4. The number of ether oxygens (including phenoxy) is 1. The zero-order valence-electron chi connectivity index (χ0n) is 16.9. The third-order valence-corrected chi connectivity index (χ3v) is 5.36. The molecule has 0 spiro atoms. The number of imide groups is 1. The number of halogens is 1. The van der Waals surface area contributed by atoms with Gasteiger partial charge in [-0.25, -0.2) is 9.69 Å². The zero-order chi connectivity index (χ0) is 22.9. The number of anilines is 1. The standard InChI is InChI=1S/C24H14ClN3O5/c25-18-8-4-5-9-19(18)28-22(29)16-11-10-15(12-17(16)23(28)30)24(31)32-13-20-26-21(27-33-20)14-6-2-1-3-7-14/h1-12H,13H2. The van der Waals surface area contributed by atoms with Crippen molar-refractivity contribution in [1.29, 1.82) is 0 Å². The molecule has 0 saturated heterocycles. The second-order valence-electron chi connectivity index (χ2n) is 7.11. The molecule has 0 radical (unpaired) electrons. The Hall–Kier alpha value is -4.30. The minimum Gasteiger partial charge on any atom is -0.452 e. The summed E-state index contributed by atoms with van der Waals surface area (Å²) < 4.78 is 10.4.